The van der Waals surface area contributed by atoms with Crippen LogP contribution in [0.15, 0.2) is 17.5 Å². The lowest BCUT2D eigenvalue weighted by molar-refractivity contribution is -0.150. The van der Waals surface area contributed by atoms with Gasteiger partial charge in [-0.15, -0.1) is 11.3 Å². The molecule has 1 heterocycles. The van der Waals surface area contributed by atoms with E-state index in [1.807, 2.05) is 0 Å². The van der Waals surface area contributed by atoms with Crippen molar-refractivity contribution in [2.24, 2.45) is 0 Å². The summed E-state index contributed by atoms with van der Waals surface area (Å²) in [4.78, 5) is 0.396. The lowest BCUT2D eigenvalue weighted by Gasteiger charge is -2.18. The summed E-state index contributed by atoms with van der Waals surface area (Å²) in [7, 11) is 1.65. The van der Waals surface area contributed by atoms with E-state index in [-0.39, 0.29) is 6.42 Å². The van der Waals surface area contributed by atoms with Crippen molar-refractivity contribution in [1.29, 1.82) is 0 Å². The van der Waals surface area contributed by atoms with Gasteiger partial charge in [0.25, 0.3) is 0 Å². The third-order valence-corrected chi connectivity index (χ3v) is 2.95. The number of nitrogens with one attached hydrogen (secondary N) is 1. The summed E-state index contributed by atoms with van der Waals surface area (Å²) in [6.45, 7) is 0.377. The predicted molar refractivity (Wildman–Crippen MR) is 51.7 cm³/mol. The van der Waals surface area contributed by atoms with Crippen molar-refractivity contribution in [3.63, 3.8) is 0 Å². The molecule has 1 N–H and O–H groups in total. The molecule has 0 saturated carbocycles. The molecule has 1 rings (SSSR count). The zero-order valence-corrected chi connectivity index (χ0v) is 8.58. The van der Waals surface area contributed by atoms with Gasteiger partial charge in [0.2, 0.25) is 0 Å². The summed E-state index contributed by atoms with van der Waals surface area (Å²) in [6, 6.07) is 3.19. The number of halogens is 3. The quantitative estimate of drug-likeness (QED) is 0.827. The molecule has 1 aromatic heterocycles. The Morgan fingerprint density at radius 2 is 2.21 bits per heavy atom. The second kappa shape index (κ2) is 4.79. The molecule has 80 valence electrons. The smallest absolute Gasteiger partial charge is 0.320 e. The minimum atomic E-state index is -4.14. The maximum atomic E-state index is 12.6. The molecule has 0 aliphatic heterocycles. The van der Waals surface area contributed by atoms with E-state index >= 15 is 0 Å². The van der Waals surface area contributed by atoms with Crippen molar-refractivity contribution in [2.45, 2.75) is 18.5 Å². The van der Waals surface area contributed by atoms with Crippen LogP contribution in [0.2, 0.25) is 0 Å². The molecule has 0 bridgehead atoms. The SMILES string of the molecule is CNCCC(c1cccs1)C(F)(F)F. The maximum absolute atomic E-state index is 12.6. The van der Waals surface area contributed by atoms with Gasteiger partial charge in [-0.05, 0) is 31.5 Å². The second-order valence-corrected chi connectivity index (χ2v) is 3.98. The number of hydrogen-bond donors (Lipinski definition) is 1. The summed E-state index contributed by atoms with van der Waals surface area (Å²) in [5.41, 5.74) is 0. The number of hydrogen-bond acceptors (Lipinski definition) is 2. The molecule has 0 aliphatic carbocycles. The van der Waals surface area contributed by atoms with Crippen LogP contribution >= 0.6 is 11.3 Å². The van der Waals surface area contributed by atoms with Gasteiger partial charge in [0.05, 0.1) is 5.92 Å². The van der Waals surface area contributed by atoms with Crippen molar-refractivity contribution in [3.8, 4) is 0 Å². The minimum absolute atomic E-state index is 0.0977. The van der Waals surface area contributed by atoms with Gasteiger partial charge in [-0.1, -0.05) is 6.07 Å². The van der Waals surface area contributed by atoms with Gasteiger partial charge in [-0.25, -0.2) is 0 Å². The van der Waals surface area contributed by atoms with E-state index < -0.39 is 12.1 Å². The van der Waals surface area contributed by atoms with Crippen molar-refractivity contribution in [3.05, 3.63) is 22.4 Å². The first-order chi connectivity index (χ1) is 6.55. The summed E-state index contributed by atoms with van der Waals surface area (Å²) in [6.07, 6.45) is -4.04. The van der Waals surface area contributed by atoms with Crippen LogP contribution in [-0.2, 0) is 0 Å². The van der Waals surface area contributed by atoms with Gasteiger partial charge in [0, 0.05) is 4.88 Å². The highest BCUT2D eigenvalue weighted by atomic mass is 32.1. The van der Waals surface area contributed by atoms with Crippen LogP contribution in [0.1, 0.15) is 17.2 Å². The Balaban J connectivity index is 2.73. The summed E-state index contributed by atoms with van der Waals surface area (Å²) in [5.74, 6) is -1.32. The van der Waals surface area contributed by atoms with E-state index in [2.05, 4.69) is 5.32 Å². The van der Waals surface area contributed by atoms with Crippen LogP contribution in [-0.4, -0.2) is 19.8 Å². The van der Waals surface area contributed by atoms with E-state index in [0.717, 1.165) is 11.3 Å². The molecule has 0 radical (unpaired) electrons. The highest BCUT2D eigenvalue weighted by Crippen LogP contribution is 2.38. The molecule has 1 aromatic rings. The molecule has 0 saturated heterocycles. The third kappa shape index (κ3) is 2.99. The number of rotatable bonds is 4. The Hall–Kier alpha value is -0.550. The fraction of sp³-hybridized carbons (Fsp3) is 0.556. The van der Waals surface area contributed by atoms with Crippen molar-refractivity contribution >= 4 is 11.3 Å². The molecule has 1 unspecified atom stereocenters. The highest BCUT2D eigenvalue weighted by molar-refractivity contribution is 7.10. The van der Waals surface area contributed by atoms with E-state index in [1.54, 1.807) is 24.6 Å². The standard InChI is InChI=1S/C9H12F3NS/c1-13-5-4-7(9(10,11)12)8-3-2-6-14-8/h2-3,6-7,13H,4-5H2,1H3. The highest BCUT2D eigenvalue weighted by Gasteiger charge is 2.40. The van der Waals surface area contributed by atoms with Gasteiger partial charge >= 0.3 is 6.18 Å². The zero-order chi connectivity index (χ0) is 10.6. The van der Waals surface area contributed by atoms with Crippen LogP contribution in [0.3, 0.4) is 0 Å². The third-order valence-electron chi connectivity index (χ3n) is 1.96. The molecule has 0 spiro atoms. The average molecular weight is 223 g/mol. The van der Waals surface area contributed by atoms with Crippen LogP contribution in [0, 0.1) is 0 Å². The van der Waals surface area contributed by atoms with Gasteiger partial charge < -0.3 is 5.32 Å². The van der Waals surface area contributed by atoms with Gasteiger partial charge in [-0.2, -0.15) is 13.2 Å². The Bertz CT molecular complexity index is 256. The molecule has 0 aliphatic rings. The lowest BCUT2D eigenvalue weighted by atomic mass is 10.0. The zero-order valence-electron chi connectivity index (χ0n) is 7.77. The summed E-state index contributed by atoms with van der Waals surface area (Å²) < 4.78 is 37.8. The molecule has 0 aromatic carbocycles. The predicted octanol–water partition coefficient (Wildman–Crippen LogP) is 3.00. The minimum Gasteiger partial charge on any atom is -0.320 e. The lowest BCUT2D eigenvalue weighted by Crippen LogP contribution is -2.23. The molecule has 1 nitrogen and oxygen atoms in total. The van der Waals surface area contributed by atoms with Crippen LogP contribution in [0.5, 0.6) is 0 Å². The molecule has 5 heteroatoms. The van der Waals surface area contributed by atoms with Crippen LogP contribution in [0.25, 0.3) is 0 Å². The van der Waals surface area contributed by atoms with Gasteiger partial charge in [0.15, 0.2) is 0 Å². The maximum Gasteiger partial charge on any atom is 0.396 e. The first-order valence-electron chi connectivity index (χ1n) is 4.30. The first-order valence-corrected chi connectivity index (χ1v) is 5.18. The van der Waals surface area contributed by atoms with Crippen molar-refractivity contribution < 1.29 is 13.2 Å². The Kier molecular flexibility index (Phi) is 3.95. The molecular formula is C9H12F3NS. The van der Waals surface area contributed by atoms with Crippen LogP contribution in [0.4, 0.5) is 13.2 Å². The van der Waals surface area contributed by atoms with E-state index in [1.165, 1.54) is 0 Å². The number of alkyl halides is 3. The van der Waals surface area contributed by atoms with Crippen molar-refractivity contribution in [2.75, 3.05) is 13.6 Å². The van der Waals surface area contributed by atoms with Gasteiger partial charge in [-0.3, -0.25) is 0 Å². The van der Waals surface area contributed by atoms with Crippen molar-refractivity contribution in [1.82, 2.24) is 5.32 Å². The summed E-state index contributed by atoms with van der Waals surface area (Å²) in [5, 5.41) is 4.41. The Morgan fingerprint density at radius 1 is 1.50 bits per heavy atom. The molecule has 1 atom stereocenters. The molecule has 0 amide bonds. The monoisotopic (exact) mass is 223 g/mol. The molecule has 14 heavy (non-hydrogen) atoms. The largest absolute Gasteiger partial charge is 0.396 e. The number of thiophene rings is 1. The van der Waals surface area contributed by atoms with Gasteiger partial charge in [0.1, 0.15) is 0 Å². The first kappa shape index (κ1) is 11.5. The Morgan fingerprint density at radius 3 is 2.64 bits per heavy atom. The van der Waals surface area contributed by atoms with Crippen LogP contribution < -0.4 is 5.32 Å². The van der Waals surface area contributed by atoms with E-state index in [0.29, 0.717) is 11.4 Å². The fourth-order valence-electron chi connectivity index (χ4n) is 1.25. The van der Waals surface area contributed by atoms with E-state index in [9.17, 15) is 13.2 Å². The topological polar surface area (TPSA) is 12.0 Å². The van der Waals surface area contributed by atoms with E-state index in [4.69, 9.17) is 0 Å². The Labute approximate surface area is 84.9 Å². The fourth-order valence-corrected chi connectivity index (χ4v) is 2.13. The summed E-state index contributed by atoms with van der Waals surface area (Å²) >= 11 is 1.16. The second-order valence-electron chi connectivity index (χ2n) is 3.00. The average Bonchev–Trinajstić information content (AvgIpc) is 2.55. The molecular weight excluding hydrogens is 211 g/mol. The normalized spacial score (nSPS) is 14.3. The molecule has 0 fully saturated rings.